The number of rotatable bonds is 3. The summed E-state index contributed by atoms with van der Waals surface area (Å²) in [5, 5.41) is 9.47. The predicted octanol–water partition coefficient (Wildman–Crippen LogP) is 2.25. The van der Waals surface area contributed by atoms with Crippen LogP contribution in [0.25, 0.3) is 5.57 Å². The van der Waals surface area contributed by atoms with Gasteiger partial charge >= 0.3 is 0 Å². The van der Waals surface area contributed by atoms with E-state index in [1.807, 2.05) is 29.2 Å². The molecule has 0 unspecified atom stereocenters. The molecule has 1 aliphatic rings. The van der Waals surface area contributed by atoms with Crippen molar-refractivity contribution in [3.8, 4) is 5.75 Å². The van der Waals surface area contributed by atoms with Crippen molar-refractivity contribution in [3.63, 3.8) is 0 Å². The standard InChI is InChI=1S/C14H17NO3S/c1-17-12-4-2-11(3-5-12)13(10-16)14(19)15-6-8-18-9-7-15/h2-5,10,16H,6-9H2,1H3/b13-10+. The van der Waals surface area contributed by atoms with Gasteiger partial charge in [-0.15, -0.1) is 0 Å². The third kappa shape index (κ3) is 3.24. The van der Waals surface area contributed by atoms with Crippen molar-refractivity contribution >= 4 is 22.8 Å². The zero-order valence-corrected chi connectivity index (χ0v) is 11.7. The van der Waals surface area contributed by atoms with E-state index in [4.69, 9.17) is 21.7 Å². The summed E-state index contributed by atoms with van der Waals surface area (Å²) in [7, 11) is 1.62. The first-order valence-electron chi connectivity index (χ1n) is 6.12. The van der Waals surface area contributed by atoms with Gasteiger partial charge in [-0.05, 0) is 17.7 Å². The van der Waals surface area contributed by atoms with Crippen LogP contribution in [-0.2, 0) is 4.74 Å². The second-order valence-corrected chi connectivity index (χ2v) is 4.56. The maximum atomic E-state index is 9.47. The van der Waals surface area contributed by atoms with E-state index < -0.39 is 0 Å². The molecular formula is C14H17NO3S. The average Bonchev–Trinajstić information content (AvgIpc) is 2.49. The van der Waals surface area contributed by atoms with Gasteiger partial charge in [-0.1, -0.05) is 24.4 Å². The second kappa shape index (κ2) is 6.54. The highest BCUT2D eigenvalue weighted by atomic mass is 32.1. The number of hydrogen-bond donors (Lipinski definition) is 1. The Morgan fingerprint density at radius 3 is 2.47 bits per heavy atom. The highest BCUT2D eigenvalue weighted by Gasteiger charge is 2.18. The van der Waals surface area contributed by atoms with Crippen molar-refractivity contribution in [2.75, 3.05) is 33.4 Å². The molecule has 0 amide bonds. The summed E-state index contributed by atoms with van der Waals surface area (Å²) in [5.74, 6) is 0.776. The minimum Gasteiger partial charge on any atom is -0.515 e. The number of hydrogen-bond acceptors (Lipinski definition) is 4. The third-order valence-electron chi connectivity index (χ3n) is 3.06. The Labute approximate surface area is 118 Å². The number of nitrogens with zero attached hydrogens (tertiary/aromatic N) is 1. The molecule has 19 heavy (non-hydrogen) atoms. The summed E-state index contributed by atoms with van der Waals surface area (Å²) in [5.41, 5.74) is 1.53. The van der Waals surface area contributed by atoms with Gasteiger partial charge in [0.1, 0.15) is 10.7 Å². The summed E-state index contributed by atoms with van der Waals surface area (Å²) in [6.45, 7) is 2.85. The van der Waals surface area contributed by atoms with Gasteiger partial charge in [-0.3, -0.25) is 0 Å². The number of aliphatic hydroxyl groups is 1. The molecule has 102 valence electrons. The quantitative estimate of drug-likeness (QED) is 0.522. The minimum atomic E-state index is 0.649. The van der Waals surface area contributed by atoms with E-state index in [-0.39, 0.29) is 0 Å². The van der Waals surface area contributed by atoms with Crippen molar-refractivity contribution < 1.29 is 14.6 Å². The van der Waals surface area contributed by atoms with E-state index in [2.05, 4.69) is 0 Å². The summed E-state index contributed by atoms with van der Waals surface area (Å²) >= 11 is 5.45. The Balaban J connectivity index is 2.16. The molecule has 0 aliphatic carbocycles. The van der Waals surface area contributed by atoms with Crippen molar-refractivity contribution in [1.82, 2.24) is 4.90 Å². The molecule has 0 bridgehead atoms. The number of thiocarbonyl (C=S) groups is 1. The van der Waals surface area contributed by atoms with Crippen molar-refractivity contribution in [3.05, 3.63) is 36.1 Å². The Morgan fingerprint density at radius 1 is 1.32 bits per heavy atom. The molecule has 4 nitrogen and oxygen atoms in total. The van der Waals surface area contributed by atoms with Crippen molar-refractivity contribution in [2.45, 2.75) is 0 Å². The SMILES string of the molecule is COc1ccc(/C(=C\O)C(=S)N2CCOCC2)cc1. The van der Waals surface area contributed by atoms with E-state index in [0.29, 0.717) is 23.8 Å². The van der Waals surface area contributed by atoms with Gasteiger partial charge in [-0.2, -0.15) is 0 Å². The molecule has 1 saturated heterocycles. The highest BCUT2D eigenvalue weighted by Crippen LogP contribution is 2.21. The normalized spacial score (nSPS) is 16.3. The lowest BCUT2D eigenvalue weighted by Crippen LogP contribution is -2.40. The van der Waals surface area contributed by atoms with Gasteiger partial charge in [0.05, 0.1) is 32.2 Å². The van der Waals surface area contributed by atoms with Crippen molar-refractivity contribution in [1.29, 1.82) is 0 Å². The summed E-state index contributed by atoms with van der Waals surface area (Å²) < 4.78 is 10.4. The monoisotopic (exact) mass is 279 g/mol. The lowest BCUT2D eigenvalue weighted by molar-refractivity contribution is 0.0696. The Hall–Kier alpha value is -1.59. The largest absolute Gasteiger partial charge is 0.515 e. The van der Waals surface area contributed by atoms with Crippen molar-refractivity contribution in [2.24, 2.45) is 0 Å². The van der Waals surface area contributed by atoms with Crippen LogP contribution >= 0.6 is 12.2 Å². The number of morpholine rings is 1. The molecular weight excluding hydrogens is 262 g/mol. The third-order valence-corrected chi connectivity index (χ3v) is 3.54. The second-order valence-electron chi connectivity index (χ2n) is 4.18. The average molecular weight is 279 g/mol. The number of ether oxygens (including phenoxy) is 2. The topological polar surface area (TPSA) is 41.9 Å². The van der Waals surface area contributed by atoms with E-state index in [9.17, 15) is 5.11 Å². The Kier molecular flexibility index (Phi) is 4.76. The molecule has 1 aromatic carbocycles. The molecule has 0 saturated carbocycles. The lowest BCUT2D eigenvalue weighted by atomic mass is 10.1. The fourth-order valence-corrected chi connectivity index (χ4v) is 2.31. The van der Waals surface area contributed by atoms with Crippen LogP contribution in [0.1, 0.15) is 5.56 Å². The molecule has 1 N–H and O–H groups in total. The van der Waals surface area contributed by atoms with Gasteiger partial charge < -0.3 is 19.5 Å². The molecule has 0 atom stereocenters. The van der Waals surface area contributed by atoms with Crippen LogP contribution in [0.4, 0.5) is 0 Å². The molecule has 1 aromatic rings. The molecule has 2 rings (SSSR count). The maximum absolute atomic E-state index is 9.47. The number of aliphatic hydroxyl groups excluding tert-OH is 1. The minimum absolute atomic E-state index is 0.649. The maximum Gasteiger partial charge on any atom is 0.118 e. The van der Waals surface area contributed by atoms with Gasteiger partial charge in [0.25, 0.3) is 0 Å². The summed E-state index contributed by atoms with van der Waals surface area (Å²) in [4.78, 5) is 2.70. The predicted molar refractivity (Wildman–Crippen MR) is 78.6 cm³/mol. The van der Waals surface area contributed by atoms with Crippen LogP contribution in [0.2, 0.25) is 0 Å². The van der Waals surface area contributed by atoms with Crippen LogP contribution in [0.15, 0.2) is 30.5 Å². The fraction of sp³-hybridized carbons (Fsp3) is 0.357. The van der Waals surface area contributed by atoms with E-state index in [0.717, 1.165) is 30.7 Å². The van der Waals surface area contributed by atoms with E-state index >= 15 is 0 Å². The molecule has 1 aliphatic heterocycles. The number of benzene rings is 1. The van der Waals surface area contributed by atoms with Crippen LogP contribution < -0.4 is 4.74 Å². The highest BCUT2D eigenvalue weighted by molar-refractivity contribution is 7.81. The smallest absolute Gasteiger partial charge is 0.118 e. The molecule has 1 fully saturated rings. The lowest BCUT2D eigenvalue weighted by Gasteiger charge is -2.30. The van der Waals surface area contributed by atoms with Crippen LogP contribution in [0, 0.1) is 0 Å². The van der Waals surface area contributed by atoms with Crippen LogP contribution in [0.3, 0.4) is 0 Å². The molecule has 0 spiro atoms. The van der Waals surface area contributed by atoms with Gasteiger partial charge in [0.15, 0.2) is 0 Å². The number of methoxy groups -OCH3 is 1. The molecule has 0 radical (unpaired) electrons. The van der Waals surface area contributed by atoms with Crippen LogP contribution in [-0.4, -0.2) is 48.4 Å². The zero-order chi connectivity index (χ0) is 13.7. The Morgan fingerprint density at radius 2 is 1.95 bits per heavy atom. The van der Waals surface area contributed by atoms with E-state index in [1.165, 1.54) is 0 Å². The first kappa shape index (κ1) is 13.8. The van der Waals surface area contributed by atoms with Gasteiger partial charge in [-0.25, -0.2) is 0 Å². The van der Waals surface area contributed by atoms with Crippen LogP contribution in [0.5, 0.6) is 5.75 Å². The molecule has 5 heteroatoms. The van der Waals surface area contributed by atoms with E-state index in [1.54, 1.807) is 7.11 Å². The summed E-state index contributed by atoms with van der Waals surface area (Å²) in [6.07, 6.45) is 1.07. The summed E-state index contributed by atoms with van der Waals surface area (Å²) in [6, 6.07) is 7.46. The fourth-order valence-electron chi connectivity index (χ4n) is 1.96. The van der Waals surface area contributed by atoms with Gasteiger partial charge in [0.2, 0.25) is 0 Å². The first-order valence-corrected chi connectivity index (χ1v) is 6.53. The Bertz CT molecular complexity index is 464. The first-order chi connectivity index (χ1) is 9.26. The zero-order valence-electron chi connectivity index (χ0n) is 10.8. The van der Waals surface area contributed by atoms with Gasteiger partial charge in [0, 0.05) is 13.1 Å². The molecule has 1 heterocycles. The molecule has 0 aromatic heterocycles.